The number of rotatable bonds is 5. The van der Waals surface area contributed by atoms with Gasteiger partial charge in [0.1, 0.15) is 12.4 Å². The number of nitrogens with one attached hydrogen (secondary N) is 1. The molecule has 0 aliphatic carbocycles. The van der Waals surface area contributed by atoms with E-state index in [1.807, 2.05) is 24.3 Å². The third-order valence-corrected chi connectivity index (χ3v) is 4.52. The first-order valence-electron chi connectivity index (χ1n) is 8.25. The minimum Gasteiger partial charge on any atom is -0.492 e. The van der Waals surface area contributed by atoms with E-state index in [0.717, 1.165) is 30.6 Å². The van der Waals surface area contributed by atoms with Crippen molar-refractivity contribution in [3.8, 4) is 5.75 Å². The molecule has 1 N–H and O–H groups in total. The van der Waals surface area contributed by atoms with Gasteiger partial charge in [-0.2, -0.15) is 0 Å². The molecule has 0 radical (unpaired) electrons. The maximum atomic E-state index is 12.5. The van der Waals surface area contributed by atoms with Gasteiger partial charge in [0.05, 0.1) is 5.92 Å². The number of carbonyl (C=O) groups is 1. The van der Waals surface area contributed by atoms with Crippen LogP contribution in [0.2, 0.25) is 0 Å². The minimum absolute atomic E-state index is 0.0950. The van der Waals surface area contributed by atoms with Gasteiger partial charge in [-0.15, -0.1) is 0 Å². The number of nitrogens with zero attached hydrogens (tertiary/aromatic N) is 1. The molecule has 0 unspecified atom stereocenters. The van der Waals surface area contributed by atoms with Crippen LogP contribution in [0.15, 0.2) is 42.6 Å². The number of benzene rings is 1. The summed E-state index contributed by atoms with van der Waals surface area (Å²) in [5, 5.41) is 3.13. The Morgan fingerprint density at radius 3 is 2.96 bits per heavy atom. The molecule has 0 spiro atoms. The summed E-state index contributed by atoms with van der Waals surface area (Å²) >= 11 is 0. The molecule has 2 heterocycles. The highest BCUT2D eigenvalue weighted by Crippen LogP contribution is 2.26. The third-order valence-electron chi connectivity index (χ3n) is 4.52. The van der Waals surface area contributed by atoms with Crippen LogP contribution in [0.25, 0.3) is 0 Å². The van der Waals surface area contributed by atoms with E-state index in [2.05, 4.69) is 42.2 Å². The van der Waals surface area contributed by atoms with Crippen LogP contribution in [0.3, 0.4) is 0 Å². The SMILES string of the molecule is C[C@H](CCc1cccn1C)NC(=O)[C@H]1COc2ccccc2C1. The Balaban J connectivity index is 1.50. The fourth-order valence-electron chi connectivity index (χ4n) is 3.05. The number of aryl methyl sites for hydroxylation is 2. The molecule has 1 aliphatic rings. The van der Waals surface area contributed by atoms with Crippen molar-refractivity contribution < 1.29 is 9.53 Å². The second-order valence-corrected chi connectivity index (χ2v) is 6.38. The molecule has 0 bridgehead atoms. The molecule has 122 valence electrons. The van der Waals surface area contributed by atoms with Gasteiger partial charge in [-0.05, 0) is 49.9 Å². The quantitative estimate of drug-likeness (QED) is 0.922. The minimum atomic E-state index is -0.0950. The van der Waals surface area contributed by atoms with Crippen molar-refractivity contribution in [3.63, 3.8) is 0 Å². The standard InChI is InChI=1S/C19H24N2O2/c1-14(9-10-17-7-5-11-21(17)2)20-19(22)16-12-15-6-3-4-8-18(15)23-13-16/h3-8,11,14,16H,9-10,12-13H2,1-2H3,(H,20,22)/t14-,16-/m1/s1. The van der Waals surface area contributed by atoms with Gasteiger partial charge in [-0.25, -0.2) is 0 Å². The van der Waals surface area contributed by atoms with Crippen molar-refractivity contribution >= 4 is 5.91 Å². The van der Waals surface area contributed by atoms with Crippen molar-refractivity contribution in [3.05, 3.63) is 53.9 Å². The lowest BCUT2D eigenvalue weighted by molar-refractivity contribution is -0.126. The van der Waals surface area contributed by atoms with E-state index >= 15 is 0 Å². The smallest absolute Gasteiger partial charge is 0.227 e. The van der Waals surface area contributed by atoms with Crippen LogP contribution in [0.1, 0.15) is 24.6 Å². The summed E-state index contributed by atoms with van der Waals surface area (Å²) in [6.07, 6.45) is 4.71. The predicted molar refractivity (Wildman–Crippen MR) is 90.5 cm³/mol. The molecule has 3 rings (SSSR count). The lowest BCUT2D eigenvalue weighted by Crippen LogP contribution is -2.41. The number of para-hydroxylation sites is 1. The third kappa shape index (κ3) is 3.76. The van der Waals surface area contributed by atoms with Gasteiger partial charge in [0.15, 0.2) is 0 Å². The number of ether oxygens (including phenoxy) is 1. The van der Waals surface area contributed by atoms with Gasteiger partial charge in [0.2, 0.25) is 5.91 Å². The van der Waals surface area contributed by atoms with E-state index in [1.54, 1.807) is 0 Å². The van der Waals surface area contributed by atoms with E-state index in [-0.39, 0.29) is 17.9 Å². The Hall–Kier alpha value is -2.23. The van der Waals surface area contributed by atoms with E-state index in [9.17, 15) is 4.79 Å². The summed E-state index contributed by atoms with van der Waals surface area (Å²) in [6, 6.07) is 12.3. The van der Waals surface area contributed by atoms with Crippen molar-refractivity contribution in [2.45, 2.75) is 32.2 Å². The van der Waals surface area contributed by atoms with Crippen molar-refractivity contribution in [2.24, 2.45) is 13.0 Å². The van der Waals surface area contributed by atoms with Crippen molar-refractivity contribution in [1.82, 2.24) is 9.88 Å². The number of hydrogen-bond donors (Lipinski definition) is 1. The molecule has 4 heteroatoms. The molecule has 0 fully saturated rings. The second-order valence-electron chi connectivity index (χ2n) is 6.38. The van der Waals surface area contributed by atoms with Gasteiger partial charge in [0.25, 0.3) is 0 Å². The van der Waals surface area contributed by atoms with Gasteiger partial charge >= 0.3 is 0 Å². The Kier molecular flexibility index (Phi) is 4.70. The van der Waals surface area contributed by atoms with Crippen LogP contribution in [0.4, 0.5) is 0 Å². The number of aromatic nitrogens is 1. The lowest BCUT2D eigenvalue weighted by Gasteiger charge is -2.26. The fraction of sp³-hybridized carbons (Fsp3) is 0.421. The highest BCUT2D eigenvalue weighted by atomic mass is 16.5. The monoisotopic (exact) mass is 312 g/mol. The summed E-state index contributed by atoms with van der Waals surface area (Å²) in [7, 11) is 2.05. The average molecular weight is 312 g/mol. The van der Waals surface area contributed by atoms with Gasteiger partial charge in [-0.3, -0.25) is 4.79 Å². The van der Waals surface area contributed by atoms with E-state index in [4.69, 9.17) is 4.74 Å². The molecular weight excluding hydrogens is 288 g/mol. The Bertz CT molecular complexity index is 678. The van der Waals surface area contributed by atoms with Crippen LogP contribution in [0, 0.1) is 5.92 Å². The number of amides is 1. The van der Waals surface area contributed by atoms with E-state index in [1.165, 1.54) is 5.69 Å². The molecule has 23 heavy (non-hydrogen) atoms. The topological polar surface area (TPSA) is 43.3 Å². The zero-order chi connectivity index (χ0) is 16.2. The Morgan fingerprint density at radius 1 is 1.35 bits per heavy atom. The largest absolute Gasteiger partial charge is 0.492 e. The summed E-state index contributed by atoms with van der Waals surface area (Å²) in [6.45, 7) is 2.53. The highest BCUT2D eigenvalue weighted by molar-refractivity contribution is 5.79. The molecule has 0 saturated carbocycles. The number of carbonyl (C=O) groups excluding carboxylic acids is 1. The molecule has 1 aliphatic heterocycles. The summed E-state index contributed by atoms with van der Waals surface area (Å²) in [4.78, 5) is 12.5. The number of hydrogen-bond acceptors (Lipinski definition) is 2. The van der Waals surface area contributed by atoms with Crippen LogP contribution in [-0.4, -0.2) is 23.1 Å². The second kappa shape index (κ2) is 6.90. The molecule has 0 saturated heterocycles. The lowest BCUT2D eigenvalue weighted by atomic mass is 9.95. The average Bonchev–Trinajstić information content (AvgIpc) is 2.97. The van der Waals surface area contributed by atoms with E-state index in [0.29, 0.717) is 6.61 Å². The van der Waals surface area contributed by atoms with Gasteiger partial charge in [0, 0.05) is 25.0 Å². The van der Waals surface area contributed by atoms with Crippen LogP contribution in [0.5, 0.6) is 5.75 Å². The van der Waals surface area contributed by atoms with Gasteiger partial charge < -0.3 is 14.6 Å². The van der Waals surface area contributed by atoms with Crippen molar-refractivity contribution in [2.75, 3.05) is 6.61 Å². The zero-order valence-electron chi connectivity index (χ0n) is 13.8. The molecule has 1 aromatic heterocycles. The molecule has 2 aromatic rings. The van der Waals surface area contributed by atoms with E-state index < -0.39 is 0 Å². The first-order valence-corrected chi connectivity index (χ1v) is 8.25. The number of fused-ring (bicyclic) bond motifs is 1. The molecule has 1 aromatic carbocycles. The highest BCUT2D eigenvalue weighted by Gasteiger charge is 2.26. The Labute approximate surface area is 137 Å². The summed E-state index contributed by atoms with van der Waals surface area (Å²) in [5.74, 6) is 0.912. The Morgan fingerprint density at radius 2 is 2.17 bits per heavy atom. The molecule has 1 amide bonds. The predicted octanol–water partition coefficient (Wildman–Crippen LogP) is 2.71. The zero-order valence-corrected chi connectivity index (χ0v) is 13.8. The first-order chi connectivity index (χ1) is 11.1. The maximum Gasteiger partial charge on any atom is 0.227 e. The fourth-order valence-corrected chi connectivity index (χ4v) is 3.05. The molecule has 4 nitrogen and oxygen atoms in total. The normalized spacial score (nSPS) is 17.9. The molecular formula is C19H24N2O2. The maximum absolute atomic E-state index is 12.5. The van der Waals surface area contributed by atoms with Crippen LogP contribution in [-0.2, 0) is 24.7 Å². The molecule has 2 atom stereocenters. The summed E-state index contributed by atoms with van der Waals surface area (Å²) in [5.41, 5.74) is 2.41. The summed E-state index contributed by atoms with van der Waals surface area (Å²) < 4.78 is 7.83. The van der Waals surface area contributed by atoms with Gasteiger partial charge in [-0.1, -0.05) is 18.2 Å². The van der Waals surface area contributed by atoms with Crippen LogP contribution >= 0.6 is 0 Å². The van der Waals surface area contributed by atoms with Crippen LogP contribution < -0.4 is 10.1 Å². The van der Waals surface area contributed by atoms with Crippen molar-refractivity contribution in [1.29, 1.82) is 0 Å². The first kappa shape index (κ1) is 15.7.